The number of methoxy groups -OCH3 is 2. The van der Waals surface area contributed by atoms with Crippen molar-refractivity contribution in [2.75, 3.05) is 31.4 Å². The van der Waals surface area contributed by atoms with Crippen LogP contribution in [0.15, 0.2) is 24.3 Å². The predicted octanol–water partition coefficient (Wildman–Crippen LogP) is 2.94. The van der Waals surface area contributed by atoms with Gasteiger partial charge < -0.3 is 20.1 Å². The number of aromatic nitrogens is 2. The summed E-state index contributed by atoms with van der Waals surface area (Å²) in [5.41, 5.74) is 2.46. The minimum atomic E-state index is -0.0772. The van der Waals surface area contributed by atoms with Gasteiger partial charge in [0.05, 0.1) is 19.9 Å². The molecule has 0 spiro atoms. The molecule has 7 heteroatoms. The fraction of sp³-hybridized carbons (Fsp3) is 0.389. The lowest BCUT2D eigenvalue weighted by atomic mass is 10.2. The molecule has 0 saturated heterocycles. The molecule has 0 aliphatic carbocycles. The average Bonchev–Trinajstić information content (AvgIpc) is 2.58. The van der Waals surface area contributed by atoms with Gasteiger partial charge in [-0.3, -0.25) is 4.79 Å². The number of carbonyl (C=O) groups is 1. The van der Waals surface area contributed by atoms with Gasteiger partial charge in [0.1, 0.15) is 11.5 Å². The van der Waals surface area contributed by atoms with Crippen LogP contribution in [0, 0.1) is 13.8 Å². The van der Waals surface area contributed by atoms with Gasteiger partial charge in [-0.2, -0.15) is 0 Å². The standard InChI is InChI=1S/C18H24N4O3/c1-12-10-13(2)21-18(20-12)19-9-5-6-17(23)22-15-8-7-14(24-3)11-16(15)25-4/h7-8,10-11H,5-6,9H2,1-4H3,(H,22,23)(H,19,20,21). The summed E-state index contributed by atoms with van der Waals surface area (Å²) in [5, 5.41) is 5.99. The summed E-state index contributed by atoms with van der Waals surface area (Å²) in [7, 11) is 3.14. The molecule has 7 nitrogen and oxygen atoms in total. The number of rotatable bonds is 8. The summed E-state index contributed by atoms with van der Waals surface area (Å²) < 4.78 is 10.4. The normalized spacial score (nSPS) is 10.2. The molecular formula is C18H24N4O3. The van der Waals surface area contributed by atoms with E-state index >= 15 is 0 Å². The van der Waals surface area contributed by atoms with Gasteiger partial charge in [0.2, 0.25) is 11.9 Å². The first kappa shape index (κ1) is 18.5. The molecule has 0 atom stereocenters. The second-order valence-corrected chi connectivity index (χ2v) is 5.62. The molecule has 0 saturated carbocycles. The van der Waals surface area contributed by atoms with E-state index in [1.165, 1.54) is 0 Å². The van der Waals surface area contributed by atoms with E-state index in [0.29, 0.717) is 42.5 Å². The minimum absolute atomic E-state index is 0.0772. The number of hydrogen-bond acceptors (Lipinski definition) is 6. The zero-order chi connectivity index (χ0) is 18.2. The van der Waals surface area contributed by atoms with E-state index in [-0.39, 0.29) is 5.91 Å². The van der Waals surface area contributed by atoms with E-state index in [9.17, 15) is 4.79 Å². The molecule has 0 fully saturated rings. The number of aryl methyl sites for hydroxylation is 2. The zero-order valence-electron chi connectivity index (χ0n) is 15.0. The van der Waals surface area contributed by atoms with Crippen molar-refractivity contribution in [1.82, 2.24) is 9.97 Å². The lowest BCUT2D eigenvalue weighted by Gasteiger charge is -2.12. The second kappa shape index (κ2) is 8.86. The van der Waals surface area contributed by atoms with E-state index < -0.39 is 0 Å². The average molecular weight is 344 g/mol. The van der Waals surface area contributed by atoms with Gasteiger partial charge in [0.25, 0.3) is 0 Å². The summed E-state index contributed by atoms with van der Waals surface area (Å²) in [6.07, 6.45) is 1.05. The zero-order valence-corrected chi connectivity index (χ0v) is 15.0. The number of carbonyl (C=O) groups excluding carboxylic acids is 1. The Labute approximate surface area is 147 Å². The molecule has 2 N–H and O–H groups in total. The molecule has 0 aliphatic rings. The van der Waals surface area contributed by atoms with Gasteiger partial charge in [-0.1, -0.05) is 0 Å². The molecule has 0 bridgehead atoms. The number of nitrogens with one attached hydrogen (secondary N) is 2. The van der Waals surface area contributed by atoms with Crippen molar-refractivity contribution < 1.29 is 14.3 Å². The van der Waals surface area contributed by atoms with E-state index in [0.717, 1.165) is 11.4 Å². The summed E-state index contributed by atoms with van der Waals surface area (Å²) >= 11 is 0. The lowest BCUT2D eigenvalue weighted by Crippen LogP contribution is -2.14. The molecule has 2 aromatic rings. The number of ether oxygens (including phenoxy) is 2. The number of amides is 1. The maximum absolute atomic E-state index is 12.1. The van der Waals surface area contributed by atoms with Gasteiger partial charge >= 0.3 is 0 Å². The van der Waals surface area contributed by atoms with Crippen molar-refractivity contribution in [2.24, 2.45) is 0 Å². The smallest absolute Gasteiger partial charge is 0.224 e. The Morgan fingerprint density at radius 2 is 1.80 bits per heavy atom. The predicted molar refractivity (Wildman–Crippen MR) is 97.4 cm³/mol. The van der Waals surface area contributed by atoms with Crippen LogP contribution in [-0.4, -0.2) is 36.6 Å². The van der Waals surface area contributed by atoms with Crippen LogP contribution in [0.1, 0.15) is 24.2 Å². The first-order valence-electron chi connectivity index (χ1n) is 8.10. The monoisotopic (exact) mass is 344 g/mol. The van der Waals surface area contributed by atoms with Crippen LogP contribution in [0.25, 0.3) is 0 Å². The third kappa shape index (κ3) is 5.63. The van der Waals surface area contributed by atoms with E-state index in [1.54, 1.807) is 32.4 Å². The SMILES string of the molecule is COc1ccc(NC(=O)CCCNc2nc(C)cc(C)n2)c(OC)c1. The third-order valence-corrected chi connectivity index (χ3v) is 3.53. The fourth-order valence-electron chi connectivity index (χ4n) is 2.37. The van der Waals surface area contributed by atoms with Crippen LogP contribution in [0.3, 0.4) is 0 Å². The Hall–Kier alpha value is -2.83. The molecule has 134 valence electrons. The van der Waals surface area contributed by atoms with E-state index in [1.807, 2.05) is 19.9 Å². The highest BCUT2D eigenvalue weighted by molar-refractivity contribution is 5.92. The Balaban J connectivity index is 1.81. The van der Waals surface area contributed by atoms with Crippen LogP contribution >= 0.6 is 0 Å². The molecule has 1 aromatic heterocycles. The third-order valence-electron chi connectivity index (χ3n) is 3.53. The van der Waals surface area contributed by atoms with Crippen LogP contribution in [0.5, 0.6) is 11.5 Å². The maximum Gasteiger partial charge on any atom is 0.224 e. The summed E-state index contributed by atoms with van der Waals surface area (Å²) in [4.78, 5) is 20.7. The molecule has 2 rings (SSSR count). The molecule has 1 amide bonds. The second-order valence-electron chi connectivity index (χ2n) is 5.62. The summed E-state index contributed by atoms with van der Waals surface area (Å²) in [6, 6.07) is 7.18. The first-order valence-corrected chi connectivity index (χ1v) is 8.10. The van der Waals surface area contributed by atoms with Crippen LogP contribution < -0.4 is 20.1 Å². The maximum atomic E-state index is 12.1. The molecule has 1 heterocycles. The Morgan fingerprint density at radius 3 is 2.44 bits per heavy atom. The topological polar surface area (TPSA) is 85.4 Å². The van der Waals surface area contributed by atoms with Gasteiger partial charge in [-0.05, 0) is 38.5 Å². The number of hydrogen-bond donors (Lipinski definition) is 2. The Morgan fingerprint density at radius 1 is 1.08 bits per heavy atom. The van der Waals surface area contributed by atoms with Crippen molar-refractivity contribution in [3.63, 3.8) is 0 Å². The Kier molecular flexibility index (Phi) is 6.56. The van der Waals surface area contributed by atoms with Crippen molar-refractivity contribution in [2.45, 2.75) is 26.7 Å². The fourth-order valence-corrected chi connectivity index (χ4v) is 2.37. The molecule has 1 aromatic carbocycles. The largest absolute Gasteiger partial charge is 0.497 e. The number of benzene rings is 1. The highest BCUT2D eigenvalue weighted by atomic mass is 16.5. The molecule has 0 radical (unpaired) electrons. The summed E-state index contributed by atoms with van der Waals surface area (Å²) in [5.74, 6) is 1.75. The molecule has 0 aliphatic heterocycles. The van der Waals surface area contributed by atoms with Gasteiger partial charge in [0.15, 0.2) is 0 Å². The number of nitrogens with zero attached hydrogens (tertiary/aromatic N) is 2. The van der Waals surface area contributed by atoms with Gasteiger partial charge in [-0.15, -0.1) is 0 Å². The van der Waals surface area contributed by atoms with Crippen molar-refractivity contribution in [1.29, 1.82) is 0 Å². The highest BCUT2D eigenvalue weighted by Gasteiger charge is 2.09. The quantitative estimate of drug-likeness (QED) is 0.716. The minimum Gasteiger partial charge on any atom is -0.497 e. The molecular weight excluding hydrogens is 320 g/mol. The Bertz CT molecular complexity index is 714. The molecule has 0 unspecified atom stereocenters. The lowest BCUT2D eigenvalue weighted by molar-refractivity contribution is -0.116. The van der Waals surface area contributed by atoms with Crippen LogP contribution in [0.2, 0.25) is 0 Å². The molecule has 25 heavy (non-hydrogen) atoms. The van der Waals surface area contributed by atoms with Crippen molar-refractivity contribution >= 4 is 17.5 Å². The van der Waals surface area contributed by atoms with Crippen LogP contribution in [0.4, 0.5) is 11.6 Å². The van der Waals surface area contributed by atoms with Gasteiger partial charge in [-0.25, -0.2) is 9.97 Å². The van der Waals surface area contributed by atoms with Gasteiger partial charge in [0, 0.05) is 30.4 Å². The number of anilines is 2. The first-order chi connectivity index (χ1) is 12.0. The van der Waals surface area contributed by atoms with Crippen molar-refractivity contribution in [3.05, 3.63) is 35.7 Å². The van der Waals surface area contributed by atoms with E-state index in [2.05, 4.69) is 20.6 Å². The highest BCUT2D eigenvalue weighted by Crippen LogP contribution is 2.29. The summed E-state index contributed by atoms with van der Waals surface area (Å²) in [6.45, 7) is 4.47. The van der Waals surface area contributed by atoms with Crippen LogP contribution in [-0.2, 0) is 4.79 Å². The van der Waals surface area contributed by atoms with E-state index in [4.69, 9.17) is 9.47 Å². The van der Waals surface area contributed by atoms with Crippen molar-refractivity contribution in [3.8, 4) is 11.5 Å².